The SMILES string of the molecule is C1=C/C2=C(CCCCCCCC/1)CCO2. The fourth-order valence-corrected chi connectivity index (χ4v) is 2.42. The maximum absolute atomic E-state index is 5.65. The first-order valence-electron chi connectivity index (χ1n) is 6.48. The predicted molar refractivity (Wildman–Crippen MR) is 63.7 cm³/mol. The summed E-state index contributed by atoms with van der Waals surface area (Å²) in [5.74, 6) is 1.19. The molecular weight excluding hydrogens is 184 g/mol. The van der Waals surface area contributed by atoms with E-state index in [1.165, 1.54) is 63.5 Å². The number of ether oxygens (including phenoxy) is 1. The second kappa shape index (κ2) is 5.99. The van der Waals surface area contributed by atoms with E-state index in [4.69, 9.17) is 4.74 Å². The molecule has 0 aromatic heterocycles. The van der Waals surface area contributed by atoms with Crippen LogP contribution >= 0.6 is 0 Å². The van der Waals surface area contributed by atoms with E-state index >= 15 is 0 Å². The summed E-state index contributed by atoms with van der Waals surface area (Å²) in [6, 6.07) is 0. The summed E-state index contributed by atoms with van der Waals surface area (Å²) in [6.45, 7) is 0.912. The molecule has 2 aliphatic rings. The van der Waals surface area contributed by atoms with E-state index in [9.17, 15) is 0 Å². The van der Waals surface area contributed by atoms with Crippen LogP contribution in [0.15, 0.2) is 23.5 Å². The molecule has 0 bridgehead atoms. The summed E-state index contributed by atoms with van der Waals surface area (Å²) in [5, 5.41) is 0. The first kappa shape index (κ1) is 10.8. The lowest BCUT2D eigenvalue weighted by Gasteiger charge is -2.05. The van der Waals surface area contributed by atoms with Crippen molar-refractivity contribution in [2.45, 2.75) is 57.8 Å². The Hall–Kier alpha value is -0.720. The van der Waals surface area contributed by atoms with Crippen molar-refractivity contribution in [3.8, 4) is 0 Å². The smallest absolute Gasteiger partial charge is 0.118 e. The van der Waals surface area contributed by atoms with Gasteiger partial charge < -0.3 is 4.74 Å². The van der Waals surface area contributed by atoms with Crippen molar-refractivity contribution in [2.24, 2.45) is 0 Å². The summed E-state index contributed by atoms with van der Waals surface area (Å²) in [7, 11) is 0. The molecule has 0 fully saturated rings. The molecule has 2 rings (SSSR count). The van der Waals surface area contributed by atoms with E-state index in [0.717, 1.165) is 6.61 Å². The highest BCUT2D eigenvalue weighted by molar-refractivity contribution is 5.23. The summed E-state index contributed by atoms with van der Waals surface area (Å²) in [5.41, 5.74) is 1.56. The van der Waals surface area contributed by atoms with Gasteiger partial charge in [-0.15, -0.1) is 0 Å². The van der Waals surface area contributed by atoms with Gasteiger partial charge in [0.15, 0.2) is 0 Å². The van der Waals surface area contributed by atoms with Gasteiger partial charge in [-0.05, 0) is 37.3 Å². The van der Waals surface area contributed by atoms with Crippen molar-refractivity contribution < 1.29 is 4.74 Å². The van der Waals surface area contributed by atoms with Gasteiger partial charge in [0.05, 0.1) is 6.61 Å². The molecule has 0 atom stereocenters. The molecule has 0 aromatic rings. The molecule has 1 aliphatic heterocycles. The fraction of sp³-hybridized carbons (Fsp3) is 0.714. The zero-order chi connectivity index (χ0) is 10.3. The molecule has 1 heterocycles. The molecule has 0 N–H and O–H groups in total. The van der Waals surface area contributed by atoms with Gasteiger partial charge in [-0.2, -0.15) is 0 Å². The third kappa shape index (κ3) is 3.40. The lowest BCUT2D eigenvalue weighted by atomic mass is 10.0. The lowest BCUT2D eigenvalue weighted by molar-refractivity contribution is 0.257. The van der Waals surface area contributed by atoms with Crippen LogP contribution in [0.1, 0.15) is 57.8 Å². The van der Waals surface area contributed by atoms with Crippen LogP contribution in [-0.2, 0) is 4.74 Å². The molecule has 0 amide bonds. The molecule has 0 spiro atoms. The lowest BCUT2D eigenvalue weighted by Crippen LogP contribution is -1.87. The Labute approximate surface area is 93.2 Å². The standard InChI is InChI=1S/C14H22O/c1-2-4-6-8-10-14-13(11-12-15-14)9-7-5-3-1/h8,10H,1-7,9,11-12H2/b10-8+. The van der Waals surface area contributed by atoms with Crippen LogP contribution in [0, 0.1) is 0 Å². The molecule has 0 saturated carbocycles. The Morgan fingerprint density at radius 1 is 0.867 bits per heavy atom. The normalized spacial score (nSPS) is 26.1. The van der Waals surface area contributed by atoms with Crippen LogP contribution in [0.5, 0.6) is 0 Å². The second-order valence-corrected chi connectivity index (χ2v) is 4.63. The average molecular weight is 206 g/mol. The van der Waals surface area contributed by atoms with E-state index in [1.54, 1.807) is 5.57 Å². The van der Waals surface area contributed by atoms with Gasteiger partial charge in [0.1, 0.15) is 5.76 Å². The van der Waals surface area contributed by atoms with Gasteiger partial charge in [-0.25, -0.2) is 0 Å². The van der Waals surface area contributed by atoms with Crippen molar-refractivity contribution in [3.05, 3.63) is 23.5 Å². The highest BCUT2D eigenvalue weighted by Crippen LogP contribution is 2.26. The minimum atomic E-state index is 0.912. The molecule has 0 saturated heterocycles. The van der Waals surface area contributed by atoms with Gasteiger partial charge in [-0.1, -0.05) is 31.8 Å². The van der Waals surface area contributed by atoms with Crippen LogP contribution in [0.2, 0.25) is 0 Å². The fourth-order valence-electron chi connectivity index (χ4n) is 2.42. The molecule has 1 heteroatoms. The zero-order valence-electron chi connectivity index (χ0n) is 9.63. The summed E-state index contributed by atoms with van der Waals surface area (Å²) >= 11 is 0. The monoisotopic (exact) mass is 206 g/mol. The Morgan fingerprint density at radius 2 is 1.67 bits per heavy atom. The predicted octanol–water partition coefficient (Wildman–Crippen LogP) is 4.35. The maximum atomic E-state index is 5.65. The van der Waals surface area contributed by atoms with Gasteiger partial charge in [-0.3, -0.25) is 0 Å². The van der Waals surface area contributed by atoms with E-state index in [-0.39, 0.29) is 0 Å². The molecular formula is C14H22O. The molecule has 84 valence electrons. The van der Waals surface area contributed by atoms with Crippen molar-refractivity contribution in [3.63, 3.8) is 0 Å². The molecule has 0 aromatic carbocycles. The average Bonchev–Trinajstić information content (AvgIpc) is 2.65. The summed E-state index contributed by atoms with van der Waals surface area (Å²) in [4.78, 5) is 0. The molecule has 0 unspecified atom stereocenters. The summed E-state index contributed by atoms with van der Waals surface area (Å²) < 4.78 is 5.65. The van der Waals surface area contributed by atoms with E-state index in [0.29, 0.717) is 0 Å². The Kier molecular flexibility index (Phi) is 4.31. The van der Waals surface area contributed by atoms with E-state index < -0.39 is 0 Å². The number of allylic oxidation sites excluding steroid dienone is 2. The highest BCUT2D eigenvalue weighted by atomic mass is 16.5. The van der Waals surface area contributed by atoms with E-state index in [2.05, 4.69) is 12.2 Å². The van der Waals surface area contributed by atoms with Crippen LogP contribution < -0.4 is 0 Å². The number of hydrogen-bond donors (Lipinski definition) is 0. The molecule has 1 nitrogen and oxygen atoms in total. The highest BCUT2D eigenvalue weighted by Gasteiger charge is 2.13. The van der Waals surface area contributed by atoms with Crippen molar-refractivity contribution in [2.75, 3.05) is 6.61 Å². The Morgan fingerprint density at radius 3 is 2.60 bits per heavy atom. The van der Waals surface area contributed by atoms with Crippen molar-refractivity contribution in [1.82, 2.24) is 0 Å². The van der Waals surface area contributed by atoms with Crippen LogP contribution in [-0.4, -0.2) is 6.61 Å². The Balaban J connectivity index is 1.96. The topological polar surface area (TPSA) is 9.23 Å². The Bertz CT molecular complexity index is 250. The van der Waals surface area contributed by atoms with E-state index in [1.807, 2.05) is 0 Å². The minimum Gasteiger partial charge on any atom is -0.493 e. The first-order valence-corrected chi connectivity index (χ1v) is 6.48. The van der Waals surface area contributed by atoms with Gasteiger partial charge >= 0.3 is 0 Å². The van der Waals surface area contributed by atoms with Crippen molar-refractivity contribution >= 4 is 0 Å². The van der Waals surface area contributed by atoms with Crippen LogP contribution in [0.3, 0.4) is 0 Å². The zero-order valence-corrected chi connectivity index (χ0v) is 9.63. The summed E-state index contributed by atoms with van der Waals surface area (Å²) in [6.07, 6.45) is 16.5. The largest absolute Gasteiger partial charge is 0.493 e. The first-order chi connectivity index (χ1) is 7.47. The molecule has 0 radical (unpaired) electrons. The van der Waals surface area contributed by atoms with Gasteiger partial charge in [0, 0.05) is 6.42 Å². The van der Waals surface area contributed by atoms with Gasteiger partial charge in [0.2, 0.25) is 0 Å². The molecule has 1 aliphatic carbocycles. The minimum absolute atomic E-state index is 0.912. The third-order valence-corrected chi connectivity index (χ3v) is 3.38. The maximum Gasteiger partial charge on any atom is 0.118 e. The second-order valence-electron chi connectivity index (χ2n) is 4.63. The van der Waals surface area contributed by atoms with Crippen LogP contribution in [0.25, 0.3) is 0 Å². The molecule has 15 heavy (non-hydrogen) atoms. The van der Waals surface area contributed by atoms with Crippen LogP contribution in [0.4, 0.5) is 0 Å². The number of hydrogen-bond acceptors (Lipinski definition) is 1. The quantitative estimate of drug-likeness (QED) is 0.572. The third-order valence-electron chi connectivity index (χ3n) is 3.38. The van der Waals surface area contributed by atoms with Gasteiger partial charge in [0.25, 0.3) is 0 Å². The number of rotatable bonds is 0. The van der Waals surface area contributed by atoms with Crippen molar-refractivity contribution in [1.29, 1.82) is 0 Å².